The Kier molecular flexibility index (Phi) is 2.90. The fourth-order valence-electron chi connectivity index (χ4n) is 2.78. The van der Waals surface area contributed by atoms with Crippen LogP contribution in [0.2, 0.25) is 0 Å². The van der Waals surface area contributed by atoms with Gasteiger partial charge in [-0.3, -0.25) is 0 Å². The second-order valence-electron chi connectivity index (χ2n) is 4.97. The van der Waals surface area contributed by atoms with E-state index in [1.165, 1.54) is 31.3 Å². The van der Waals surface area contributed by atoms with Gasteiger partial charge in [0.05, 0.1) is 7.11 Å². The van der Waals surface area contributed by atoms with Crippen LogP contribution in [0.1, 0.15) is 11.1 Å². The highest BCUT2D eigenvalue weighted by atomic mass is 32.1. The minimum absolute atomic E-state index is 0.960. The number of fused-ring (bicyclic) bond motifs is 3. The van der Waals surface area contributed by atoms with Crippen molar-refractivity contribution in [2.45, 2.75) is 12.8 Å². The fourth-order valence-corrected chi connectivity index (χ4v) is 4.87. The van der Waals surface area contributed by atoms with Crippen molar-refractivity contribution < 1.29 is 4.74 Å². The number of hydrogen-bond donors (Lipinski definition) is 0. The lowest BCUT2D eigenvalue weighted by molar-refractivity contribution is 0.414. The predicted octanol–water partition coefficient (Wildman–Crippen LogP) is 5.25. The van der Waals surface area contributed by atoms with Crippen LogP contribution in [0, 0.1) is 0 Å². The molecule has 0 saturated carbocycles. The Morgan fingerprint density at radius 3 is 2.70 bits per heavy atom. The molecular weight excluding hydrogens is 284 g/mol. The Morgan fingerprint density at radius 2 is 1.90 bits per heavy atom. The average Bonchev–Trinajstić information content (AvgIpc) is 3.15. The average molecular weight is 298 g/mol. The second kappa shape index (κ2) is 4.76. The van der Waals surface area contributed by atoms with Gasteiger partial charge in [-0.15, -0.1) is 22.7 Å². The molecule has 0 atom stereocenters. The molecule has 3 heteroatoms. The van der Waals surface area contributed by atoms with E-state index < -0.39 is 0 Å². The zero-order valence-corrected chi connectivity index (χ0v) is 12.8. The van der Waals surface area contributed by atoms with Crippen molar-refractivity contribution in [1.29, 1.82) is 0 Å². The third kappa shape index (κ3) is 1.89. The minimum Gasteiger partial charge on any atom is -0.497 e. The molecular formula is C17H14OS2. The van der Waals surface area contributed by atoms with Crippen molar-refractivity contribution in [1.82, 2.24) is 0 Å². The molecule has 0 bridgehead atoms. The number of aryl methyl sites for hydroxylation is 2. The molecule has 4 rings (SSSR count). The topological polar surface area (TPSA) is 9.23 Å². The van der Waals surface area contributed by atoms with Crippen LogP contribution in [0.25, 0.3) is 20.2 Å². The van der Waals surface area contributed by atoms with Crippen LogP contribution in [0.5, 0.6) is 5.75 Å². The van der Waals surface area contributed by atoms with Gasteiger partial charge in [0, 0.05) is 14.6 Å². The van der Waals surface area contributed by atoms with Gasteiger partial charge in [0.2, 0.25) is 0 Å². The number of thiophene rings is 2. The van der Waals surface area contributed by atoms with Gasteiger partial charge in [-0.1, -0.05) is 6.07 Å². The van der Waals surface area contributed by atoms with E-state index in [1.54, 1.807) is 7.11 Å². The van der Waals surface area contributed by atoms with Gasteiger partial charge >= 0.3 is 0 Å². The van der Waals surface area contributed by atoms with E-state index in [1.807, 2.05) is 22.7 Å². The summed E-state index contributed by atoms with van der Waals surface area (Å²) in [6.45, 7) is 0. The highest BCUT2D eigenvalue weighted by Crippen LogP contribution is 2.44. The van der Waals surface area contributed by atoms with Gasteiger partial charge in [0.1, 0.15) is 5.75 Å². The molecule has 2 heterocycles. The van der Waals surface area contributed by atoms with Crippen molar-refractivity contribution in [2.75, 3.05) is 7.11 Å². The zero-order chi connectivity index (χ0) is 13.5. The van der Waals surface area contributed by atoms with Crippen LogP contribution in [-0.4, -0.2) is 7.11 Å². The Bertz CT molecular complexity index is 753. The molecule has 2 aromatic heterocycles. The van der Waals surface area contributed by atoms with Gasteiger partial charge < -0.3 is 4.74 Å². The van der Waals surface area contributed by atoms with Crippen molar-refractivity contribution in [3.05, 3.63) is 52.9 Å². The molecule has 20 heavy (non-hydrogen) atoms. The van der Waals surface area contributed by atoms with E-state index in [-0.39, 0.29) is 0 Å². The Hall–Kier alpha value is -1.58. The van der Waals surface area contributed by atoms with E-state index in [2.05, 4.69) is 41.8 Å². The SMILES string of the molecule is COc1ccc2c(c1)CCc1cc(-c3cccs3)sc1-2. The quantitative estimate of drug-likeness (QED) is 0.628. The normalized spacial score (nSPS) is 12.8. The molecule has 1 aromatic carbocycles. The van der Waals surface area contributed by atoms with E-state index >= 15 is 0 Å². The van der Waals surface area contributed by atoms with Gasteiger partial charge in [-0.05, 0) is 65.2 Å². The lowest BCUT2D eigenvalue weighted by Crippen LogP contribution is -2.01. The molecule has 1 aliphatic carbocycles. The molecule has 1 nitrogen and oxygen atoms in total. The summed E-state index contributed by atoms with van der Waals surface area (Å²) in [6.07, 6.45) is 2.25. The Morgan fingerprint density at radius 1 is 1.00 bits per heavy atom. The summed E-state index contributed by atoms with van der Waals surface area (Å²) in [5, 5.41) is 2.15. The number of methoxy groups -OCH3 is 1. The van der Waals surface area contributed by atoms with E-state index in [0.29, 0.717) is 0 Å². The summed E-state index contributed by atoms with van der Waals surface area (Å²) in [4.78, 5) is 4.21. The van der Waals surface area contributed by atoms with Crippen molar-refractivity contribution >= 4 is 22.7 Å². The van der Waals surface area contributed by atoms with Crippen LogP contribution >= 0.6 is 22.7 Å². The molecule has 0 radical (unpaired) electrons. The monoisotopic (exact) mass is 298 g/mol. The first-order chi connectivity index (χ1) is 9.85. The number of benzene rings is 1. The maximum atomic E-state index is 5.34. The molecule has 0 N–H and O–H groups in total. The van der Waals surface area contributed by atoms with Crippen LogP contribution in [0.15, 0.2) is 41.8 Å². The number of hydrogen-bond acceptors (Lipinski definition) is 3. The molecule has 3 aromatic rings. The smallest absolute Gasteiger partial charge is 0.119 e. The van der Waals surface area contributed by atoms with E-state index in [9.17, 15) is 0 Å². The third-order valence-corrected chi connectivity index (χ3v) is 6.07. The molecule has 100 valence electrons. The Labute approximate surface area is 126 Å². The van der Waals surface area contributed by atoms with Crippen molar-refractivity contribution in [3.63, 3.8) is 0 Å². The maximum Gasteiger partial charge on any atom is 0.119 e. The molecule has 0 saturated heterocycles. The van der Waals surface area contributed by atoms with Crippen LogP contribution in [0.4, 0.5) is 0 Å². The number of ether oxygens (including phenoxy) is 1. The fraction of sp³-hybridized carbons (Fsp3) is 0.176. The van der Waals surface area contributed by atoms with Crippen LogP contribution < -0.4 is 4.74 Å². The zero-order valence-electron chi connectivity index (χ0n) is 11.2. The highest BCUT2D eigenvalue weighted by Gasteiger charge is 2.20. The number of rotatable bonds is 2. The minimum atomic E-state index is 0.960. The van der Waals surface area contributed by atoms with Crippen LogP contribution in [-0.2, 0) is 12.8 Å². The van der Waals surface area contributed by atoms with Gasteiger partial charge in [-0.2, -0.15) is 0 Å². The van der Waals surface area contributed by atoms with Crippen molar-refractivity contribution in [3.8, 4) is 25.9 Å². The summed E-state index contributed by atoms with van der Waals surface area (Å²) in [7, 11) is 1.73. The summed E-state index contributed by atoms with van der Waals surface area (Å²) < 4.78 is 5.34. The maximum absolute atomic E-state index is 5.34. The van der Waals surface area contributed by atoms with Crippen molar-refractivity contribution in [2.24, 2.45) is 0 Å². The van der Waals surface area contributed by atoms with Gasteiger partial charge in [0.25, 0.3) is 0 Å². The third-order valence-electron chi connectivity index (χ3n) is 3.79. The molecule has 0 fully saturated rings. The molecule has 0 aliphatic heterocycles. The first-order valence-electron chi connectivity index (χ1n) is 6.69. The first-order valence-corrected chi connectivity index (χ1v) is 8.38. The first kappa shape index (κ1) is 12.2. The summed E-state index contributed by atoms with van der Waals surface area (Å²) >= 11 is 3.74. The highest BCUT2D eigenvalue weighted by molar-refractivity contribution is 7.23. The van der Waals surface area contributed by atoms with E-state index in [0.717, 1.165) is 18.6 Å². The molecule has 0 unspecified atom stereocenters. The second-order valence-corrected chi connectivity index (χ2v) is 6.97. The summed E-state index contributed by atoms with van der Waals surface area (Å²) in [5.74, 6) is 0.960. The van der Waals surface area contributed by atoms with Crippen LogP contribution in [0.3, 0.4) is 0 Å². The summed E-state index contributed by atoms with van der Waals surface area (Å²) in [6, 6.07) is 13.2. The largest absolute Gasteiger partial charge is 0.497 e. The van der Waals surface area contributed by atoms with Gasteiger partial charge in [-0.25, -0.2) is 0 Å². The van der Waals surface area contributed by atoms with Gasteiger partial charge in [0.15, 0.2) is 0 Å². The molecule has 1 aliphatic rings. The standard InChI is InChI=1S/C17H14OS2/c1-18-13-6-7-14-11(9-13)4-5-12-10-16(20-17(12)14)15-3-2-8-19-15/h2-3,6-10H,4-5H2,1H3. The van der Waals surface area contributed by atoms with E-state index in [4.69, 9.17) is 4.74 Å². The lowest BCUT2D eigenvalue weighted by atomic mass is 9.91. The summed E-state index contributed by atoms with van der Waals surface area (Å²) in [5.41, 5.74) is 4.30. The molecule has 0 spiro atoms. The Balaban J connectivity index is 1.84. The predicted molar refractivity (Wildman–Crippen MR) is 87.0 cm³/mol. The lowest BCUT2D eigenvalue weighted by Gasteiger charge is -2.16. The molecule has 0 amide bonds.